The van der Waals surface area contributed by atoms with E-state index in [1.807, 2.05) is 55.5 Å². The Labute approximate surface area is 152 Å². The molecule has 0 bridgehead atoms. The summed E-state index contributed by atoms with van der Waals surface area (Å²) in [6.45, 7) is 1.99. The van der Waals surface area contributed by atoms with Gasteiger partial charge in [0.2, 0.25) is 5.16 Å². The Hall–Kier alpha value is -2.12. The van der Waals surface area contributed by atoms with Crippen molar-refractivity contribution in [2.24, 2.45) is 0 Å². The number of aryl methyl sites for hydroxylation is 1. The van der Waals surface area contributed by atoms with E-state index in [4.69, 9.17) is 5.84 Å². The molecule has 2 aromatic carbocycles. The van der Waals surface area contributed by atoms with Gasteiger partial charge in [0, 0.05) is 15.6 Å². The van der Waals surface area contributed by atoms with Gasteiger partial charge in [-0.2, -0.15) is 0 Å². The zero-order chi connectivity index (χ0) is 17.1. The third-order valence-electron chi connectivity index (χ3n) is 3.47. The number of nitrogen functional groups attached to an aromatic ring is 1. The lowest BCUT2D eigenvalue weighted by Gasteiger charge is -2.04. The molecule has 122 valence electrons. The molecule has 0 unspecified atom stereocenters. The molecule has 0 saturated heterocycles. The van der Waals surface area contributed by atoms with Crippen LogP contribution in [0.15, 0.2) is 58.2 Å². The zero-order valence-electron chi connectivity index (χ0n) is 12.9. The van der Waals surface area contributed by atoms with Gasteiger partial charge in [-0.15, -0.1) is 10.2 Å². The average molecular weight is 403 g/mol. The van der Waals surface area contributed by atoms with Crippen molar-refractivity contribution in [1.82, 2.24) is 14.9 Å². The monoisotopic (exact) mass is 402 g/mol. The van der Waals surface area contributed by atoms with Crippen molar-refractivity contribution in [3.05, 3.63) is 64.1 Å². The maximum absolute atomic E-state index is 12.2. The predicted octanol–water partition coefficient (Wildman–Crippen LogP) is 3.70. The Morgan fingerprint density at radius 1 is 1.12 bits per heavy atom. The summed E-state index contributed by atoms with van der Waals surface area (Å²) in [6, 6.07) is 15.2. The second-order valence-corrected chi connectivity index (χ2v) is 7.12. The van der Waals surface area contributed by atoms with Gasteiger partial charge >= 0.3 is 0 Å². The molecule has 3 aromatic rings. The highest BCUT2D eigenvalue weighted by Gasteiger charge is 2.14. The largest absolute Gasteiger partial charge is 0.335 e. The van der Waals surface area contributed by atoms with E-state index in [0.29, 0.717) is 16.5 Å². The molecule has 0 aliphatic rings. The number of Topliss-reactive ketones (excluding diaryl/α,β-unsaturated/α-hetero) is 1. The molecule has 5 nitrogen and oxygen atoms in total. The van der Waals surface area contributed by atoms with Crippen molar-refractivity contribution in [1.29, 1.82) is 0 Å². The molecular formula is C17H15BrN4OS. The van der Waals surface area contributed by atoms with Crippen LogP contribution in [-0.2, 0) is 0 Å². The Kier molecular flexibility index (Phi) is 5.01. The summed E-state index contributed by atoms with van der Waals surface area (Å²) >= 11 is 4.67. The van der Waals surface area contributed by atoms with Crippen molar-refractivity contribution in [3.63, 3.8) is 0 Å². The second kappa shape index (κ2) is 7.19. The van der Waals surface area contributed by atoms with Crippen LogP contribution in [0.5, 0.6) is 0 Å². The first-order chi connectivity index (χ1) is 11.5. The van der Waals surface area contributed by atoms with Crippen molar-refractivity contribution < 1.29 is 4.79 Å². The van der Waals surface area contributed by atoms with Crippen LogP contribution in [0.3, 0.4) is 0 Å². The molecule has 24 heavy (non-hydrogen) atoms. The lowest BCUT2D eigenvalue weighted by Crippen LogP contribution is -2.12. The summed E-state index contributed by atoms with van der Waals surface area (Å²) in [5.41, 5.74) is 2.68. The lowest BCUT2D eigenvalue weighted by atomic mass is 10.1. The molecular weight excluding hydrogens is 388 g/mol. The molecule has 0 atom stereocenters. The Bertz CT molecular complexity index is 859. The smallest absolute Gasteiger partial charge is 0.210 e. The van der Waals surface area contributed by atoms with E-state index in [1.54, 1.807) is 0 Å². The minimum Gasteiger partial charge on any atom is -0.335 e. The number of nitrogens with two attached hydrogens (primary N) is 1. The van der Waals surface area contributed by atoms with Crippen LogP contribution in [0.4, 0.5) is 0 Å². The van der Waals surface area contributed by atoms with Crippen molar-refractivity contribution in [2.75, 3.05) is 11.6 Å². The molecule has 0 amide bonds. The number of rotatable bonds is 5. The van der Waals surface area contributed by atoms with Gasteiger partial charge in [-0.3, -0.25) is 4.79 Å². The fourth-order valence-corrected chi connectivity index (χ4v) is 3.14. The highest BCUT2D eigenvalue weighted by Crippen LogP contribution is 2.23. The molecule has 0 radical (unpaired) electrons. The lowest BCUT2D eigenvalue weighted by molar-refractivity contribution is 0.102. The van der Waals surface area contributed by atoms with Gasteiger partial charge in [-0.1, -0.05) is 69.7 Å². The van der Waals surface area contributed by atoms with Crippen LogP contribution in [-0.4, -0.2) is 26.4 Å². The standard InChI is InChI=1S/C17H15BrN4OS/c1-11-2-4-12(5-3-11)15(23)10-24-17-21-20-16(22(17)19)13-6-8-14(18)9-7-13/h2-9H,10,19H2,1H3. The van der Waals surface area contributed by atoms with E-state index < -0.39 is 0 Å². The van der Waals surface area contributed by atoms with Crippen molar-refractivity contribution in [3.8, 4) is 11.4 Å². The number of nitrogens with zero attached hydrogens (tertiary/aromatic N) is 3. The summed E-state index contributed by atoms with van der Waals surface area (Å²) in [5, 5.41) is 8.71. The number of hydrogen-bond acceptors (Lipinski definition) is 5. The maximum Gasteiger partial charge on any atom is 0.210 e. The molecule has 0 aliphatic carbocycles. The maximum atomic E-state index is 12.2. The number of carbonyl (C=O) groups is 1. The van der Waals surface area contributed by atoms with Gasteiger partial charge in [0.05, 0.1) is 5.75 Å². The van der Waals surface area contributed by atoms with Gasteiger partial charge < -0.3 is 5.84 Å². The first-order valence-electron chi connectivity index (χ1n) is 7.23. The number of thioether (sulfide) groups is 1. The molecule has 2 N–H and O–H groups in total. The molecule has 1 heterocycles. The van der Waals surface area contributed by atoms with E-state index in [2.05, 4.69) is 26.1 Å². The summed E-state index contributed by atoms with van der Waals surface area (Å²) < 4.78 is 2.39. The third-order valence-corrected chi connectivity index (χ3v) is 4.94. The summed E-state index contributed by atoms with van der Waals surface area (Å²) in [4.78, 5) is 12.2. The van der Waals surface area contributed by atoms with Gasteiger partial charge in [0.15, 0.2) is 11.6 Å². The Balaban J connectivity index is 1.71. The van der Waals surface area contributed by atoms with Gasteiger partial charge in [0.1, 0.15) is 0 Å². The van der Waals surface area contributed by atoms with E-state index in [1.165, 1.54) is 16.4 Å². The van der Waals surface area contributed by atoms with Crippen LogP contribution >= 0.6 is 27.7 Å². The predicted molar refractivity (Wildman–Crippen MR) is 99.5 cm³/mol. The molecule has 0 fully saturated rings. The van der Waals surface area contributed by atoms with Crippen molar-refractivity contribution in [2.45, 2.75) is 12.1 Å². The van der Waals surface area contributed by atoms with E-state index in [9.17, 15) is 4.79 Å². The summed E-state index contributed by atoms with van der Waals surface area (Å²) in [7, 11) is 0. The van der Waals surface area contributed by atoms with Crippen molar-refractivity contribution >= 4 is 33.5 Å². The molecule has 0 aliphatic heterocycles. The number of ketones is 1. The third kappa shape index (κ3) is 3.68. The van der Waals surface area contributed by atoms with Crippen LogP contribution in [0.1, 0.15) is 15.9 Å². The number of benzene rings is 2. The van der Waals surface area contributed by atoms with Crippen LogP contribution < -0.4 is 5.84 Å². The van der Waals surface area contributed by atoms with E-state index in [-0.39, 0.29) is 11.5 Å². The molecule has 0 saturated carbocycles. The number of halogens is 1. The average Bonchev–Trinajstić information content (AvgIpc) is 2.95. The van der Waals surface area contributed by atoms with Crippen LogP contribution in [0.2, 0.25) is 0 Å². The molecule has 3 rings (SSSR count). The minimum absolute atomic E-state index is 0.0354. The number of carbonyl (C=O) groups excluding carboxylic acids is 1. The summed E-state index contributed by atoms with van der Waals surface area (Å²) in [6.07, 6.45) is 0. The molecule has 1 aromatic heterocycles. The molecule has 0 spiro atoms. The molecule has 7 heteroatoms. The highest BCUT2D eigenvalue weighted by molar-refractivity contribution is 9.10. The fraction of sp³-hybridized carbons (Fsp3) is 0.118. The first-order valence-corrected chi connectivity index (χ1v) is 9.01. The van der Waals surface area contributed by atoms with E-state index >= 15 is 0 Å². The first kappa shape index (κ1) is 16.7. The minimum atomic E-state index is 0.0354. The number of aromatic nitrogens is 3. The topological polar surface area (TPSA) is 73.8 Å². The fourth-order valence-electron chi connectivity index (χ4n) is 2.12. The van der Waals surface area contributed by atoms with E-state index in [0.717, 1.165) is 15.6 Å². The quantitative estimate of drug-likeness (QED) is 0.400. The second-order valence-electron chi connectivity index (χ2n) is 5.26. The van der Waals surface area contributed by atoms with Gasteiger partial charge in [-0.05, 0) is 19.1 Å². The number of hydrogen-bond donors (Lipinski definition) is 1. The normalized spacial score (nSPS) is 10.8. The summed E-state index contributed by atoms with van der Waals surface area (Å²) in [5.74, 6) is 6.93. The zero-order valence-corrected chi connectivity index (χ0v) is 15.3. The highest BCUT2D eigenvalue weighted by atomic mass is 79.9. The van der Waals surface area contributed by atoms with Crippen LogP contribution in [0.25, 0.3) is 11.4 Å². The SMILES string of the molecule is Cc1ccc(C(=O)CSc2nnc(-c3ccc(Br)cc3)n2N)cc1. The Morgan fingerprint density at radius 3 is 2.46 bits per heavy atom. The van der Waals surface area contributed by atoms with Crippen LogP contribution in [0, 0.1) is 6.92 Å². The van der Waals surface area contributed by atoms with Gasteiger partial charge in [-0.25, -0.2) is 4.68 Å². The van der Waals surface area contributed by atoms with Gasteiger partial charge in [0.25, 0.3) is 0 Å². The Morgan fingerprint density at radius 2 is 1.79 bits per heavy atom.